The Morgan fingerprint density at radius 2 is 1.60 bits per heavy atom. The Kier molecular flexibility index (Phi) is 13.1. The minimum atomic E-state index is -0.237. The molecule has 0 atom stereocenters. The molecule has 1 saturated carbocycles. The van der Waals surface area contributed by atoms with Crippen LogP contribution >= 0.6 is 0 Å². The van der Waals surface area contributed by atoms with Gasteiger partial charge in [0.1, 0.15) is 11.9 Å². The highest BCUT2D eigenvalue weighted by atomic mass is 16.5. The van der Waals surface area contributed by atoms with Crippen molar-refractivity contribution < 1.29 is 14.3 Å². The maximum absolute atomic E-state index is 12.0. The molecule has 0 radical (unpaired) electrons. The fourth-order valence-corrected chi connectivity index (χ4v) is 4.04. The second-order valence-corrected chi connectivity index (χ2v) is 8.63. The molecule has 0 aliphatic heterocycles. The van der Waals surface area contributed by atoms with Crippen LogP contribution in [-0.4, -0.2) is 18.7 Å². The third-order valence-electron chi connectivity index (χ3n) is 5.87. The minimum absolute atomic E-state index is 0.103. The molecule has 1 aromatic rings. The van der Waals surface area contributed by atoms with Crippen molar-refractivity contribution in [3.63, 3.8) is 0 Å². The van der Waals surface area contributed by atoms with E-state index in [9.17, 15) is 4.79 Å². The van der Waals surface area contributed by atoms with Crippen molar-refractivity contribution in [2.24, 2.45) is 0 Å². The maximum Gasteiger partial charge on any atom is 0.331 e. The van der Waals surface area contributed by atoms with Crippen molar-refractivity contribution in [2.45, 2.75) is 109 Å². The first kappa shape index (κ1) is 24.5. The third kappa shape index (κ3) is 11.4. The van der Waals surface area contributed by atoms with Gasteiger partial charge in [-0.25, -0.2) is 4.79 Å². The lowest BCUT2D eigenvalue weighted by Gasteiger charge is -2.20. The summed E-state index contributed by atoms with van der Waals surface area (Å²) in [5.41, 5.74) is 0.969. The molecule has 1 fully saturated rings. The quantitative estimate of drug-likeness (QED) is 0.166. The fraction of sp³-hybridized carbons (Fsp3) is 0.667. The number of hydrogen-bond acceptors (Lipinski definition) is 3. The van der Waals surface area contributed by atoms with Crippen molar-refractivity contribution in [1.82, 2.24) is 0 Å². The summed E-state index contributed by atoms with van der Waals surface area (Å²) < 4.78 is 11.4. The summed E-state index contributed by atoms with van der Waals surface area (Å²) >= 11 is 0. The predicted molar refractivity (Wildman–Crippen MR) is 126 cm³/mol. The average molecular weight is 415 g/mol. The standard InChI is InChI=1S/C27H42O3/c1-2-3-4-5-6-7-8-9-10-14-22-29-26-19-15-16-24(23-26)20-21-27(28)30-25-17-12-11-13-18-25/h15-16,19-21,23,25H,2-14,17-18,22H2,1H3. The molecule has 30 heavy (non-hydrogen) atoms. The number of esters is 1. The Labute approximate surface area is 184 Å². The van der Waals surface area contributed by atoms with Crippen LogP contribution in [-0.2, 0) is 9.53 Å². The summed E-state index contributed by atoms with van der Waals surface area (Å²) in [4.78, 5) is 12.0. The first-order valence-electron chi connectivity index (χ1n) is 12.4. The van der Waals surface area contributed by atoms with Crippen molar-refractivity contribution in [3.05, 3.63) is 35.9 Å². The summed E-state index contributed by atoms with van der Waals surface area (Å²) in [6.45, 7) is 3.02. The monoisotopic (exact) mass is 414 g/mol. The van der Waals surface area contributed by atoms with E-state index < -0.39 is 0 Å². The van der Waals surface area contributed by atoms with Gasteiger partial charge >= 0.3 is 5.97 Å². The Bertz CT molecular complexity index is 602. The number of carbonyl (C=O) groups is 1. The molecule has 2 rings (SSSR count). The van der Waals surface area contributed by atoms with Gasteiger partial charge in [0.15, 0.2) is 0 Å². The normalized spacial score (nSPS) is 14.8. The van der Waals surface area contributed by atoms with Crippen LogP contribution in [0.15, 0.2) is 30.3 Å². The van der Waals surface area contributed by atoms with Gasteiger partial charge in [-0.1, -0.05) is 83.3 Å². The Morgan fingerprint density at radius 3 is 2.30 bits per heavy atom. The van der Waals surface area contributed by atoms with E-state index in [0.717, 1.165) is 37.2 Å². The van der Waals surface area contributed by atoms with Crippen LogP contribution < -0.4 is 4.74 Å². The largest absolute Gasteiger partial charge is 0.494 e. The second-order valence-electron chi connectivity index (χ2n) is 8.63. The van der Waals surface area contributed by atoms with E-state index >= 15 is 0 Å². The van der Waals surface area contributed by atoms with Crippen molar-refractivity contribution in [3.8, 4) is 5.75 Å². The Balaban J connectivity index is 1.56. The molecule has 3 heteroatoms. The summed E-state index contributed by atoms with van der Waals surface area (Å²) in [7, 11) is 0. The van der Waals surface area contributed by atoms with Gasteiger partial charge < -0.3 is 9.47 Å². The number of hydrogen-bond donors (Lipinski definition) is 0. The molecular weight excluding hydrogens is 372 g/mol. The van der Waals surface area contributed by atoms with Gasteiger partial charge in [0.25, 0.3) is 0 Å². The number of carbonyl (C=O) groups excluding carboxylic acids is 1. The minimum Gasteiger partial charge on any atom is -0.494 e. The highest BCUT2D eigenvalue weighted by molar-refractivity contribution is 5.87. The lowest BCUT2D eigenvalue weighted by Crippen LogP contribution is -2.19. The zero-order valence-electron chi connectivity index (χ0n) is 19.1. The van der Waals surface area contributed by atoms with E-state index in [1.807, 2.05) is 30.3 Å². The van der Waals surface area contributed by atoms with Gasteiger partial charge in [0, 0.05) is 6.08 Å². The van der Waals surface area contributed by atoms with Crippen molar-refractivity contribution >= 4 is 12.0 Å². The summed E-state index contributed by atoms with van der Waals surface area (Å²) in [5.74, 6) is 0.632. The molecular formula is C27H42O3. The van der Waals surface area contributed by atoms with E-state index in [-0.39, 0.29) is 12.1 Å². The van der Waals surface area contributed by atoms with E-state index in [2.05, 4.69) is 6.92 Å². The van der Waals surface area contributed by atoms with E-state index in [4.69, 9.17) is 9.47 Å². The zero-order valence-corrected chi connectivity index (χ0v) is 19.1. The first-order chi connectivity index (χ1) is 14.8. The van der Waals surface area contributed by atoms with Crippen LogP contribution in [0.3, 0.4) is 0 Å². The smallest absolute Gasteiger partial charge is 0.331 e. The molecule has 1 aliphatic carbocycles. The second kappa shape index (κ2) is 16.0. The van der Waals surface area contributed by atoms with Gasteiger partial charge in [-0.15, -0.1) is 0 Å². The van der Waals surface area contributed by atoms with Gasteiger partial charge in [0.05, 0.1) is 6.61 Å². The fourth-order valence-electron chi connectivity index (χ4n) is 4.04. The highest BCUT2D eigenvalue weighted by Crippen LogP contribution is 2.21. The van der Waals surface area contributed by atoms with Crippen LogP contribution in [0.4, 0.5) is 0 Å². The lowest BCUT2D eigenvalue weighted by atomic mass is 9.98. The van der Waals surface area contributed by atoms with E-state index in [0.29, 0.717) is 0 Å². The lowest BCUT2D eigenvalue weighted by molar-refractivity contribution is -0.144. The molecule has 1 aromatic carbocycles. The third-order valence-corrected chi connectivity index (χ3v) is 5.87. The number of benzene rings is 1. The molecule has 0 heterocycles. The van der Waals surface area contributed by atoms with Gasteiger partial charge in [-0.3, -0.25) is 0 Å². The molecule has 0 amide bonds. The van der Waals surface area contributed by atoms with Gasteiger partial charge in [0.2, 0.25) is 0 Å². The highest BCUT2D eigenvalue weighted by Gasteiger charge is 2.16. The summed E-state index contributed by atoms with van der Waals surface area (Å²) in [6.07, 6.45) is 22.3. The van der Waals surface area contributed by atoms with Crippen LogP contribution in [0.2, 0.25) is 0 Å². The van der Waals surface area contributed by atoms with Crippen LogP contribution in [0.5, 0.6) is 5.75 Å². The molecule has 0 N–H and O–H groups in total. The van der Waals surface area contributed by atoms with Crippen molar-refractivity contribution in [2.75, 3.05) is 6.61 Å². The number of unbranched alkanes of at least 4 members (excludes halogenated alkanes) is 9. The SMILES string of the molecule is CCCCCCCCCCCCOc1cccc(C=CC(=O)OC2CCCCC2)c1. The van der Waals surface area contributed by atoms with Crippen LogP contribution in [0, 0.1) is 0 Å². The molecule has 0 unspecified atom stereocenters. The molecule has 0 spiro atoms. The molecule has 3 nitrogen and oxygen atoms in total. The zero-order chi connectivity index (χ0) is 21.3. The van der Waals surface area contributed by atoms with E-state index in [1.54, 1.807) is 0 Å². The number of rotatable bonds is 15. The molecule has 168 valence electrons. The topological polar surface area (TPSA) is 35.5 Å². The first-order valence-corrected chi connectivity index (χ1v) is 12.4. The molecule has 0 bridgehead atoms. The summed E-state index contributed by atoms with van der Waals surface area (Å²) in [5, 5.41) is 0. The Morgan fingerprint density at radius 1 is 0.933 bits per heavy atom. The predicted octanol–water partition coefficient (Wildman–Crippen LogP) is 7.88. The van der Waals surface area contributed by atoms with Crippen LogP contribution in [0.25, 0.3) is 6.08 Å². The van der Waals surface area contributed by atoms with Gasteiger partial charge in [-0.05, 0) is 55.9 Å². The Hall–Kier alpha value is -1.77. The maximum atomic E-state index is 12.0. The summed E-state index contributed by atoms with van der Waals surface area (Å²) in [6, 6.07) is 7.92. The van der Waals surface area contributed by atoms with E-state index in [1.165, 1.54) is 83.1 Å². The molecule has 1 aliphatic rings. The van der Waals surface area contributed by atoms with Gasteiger partial charge in [-0.2, -0.15) is 0 Å². The van der Waals surface area contributed by atoms with Crippen molar-refractivity contribution in [1.29, 1.82) is 0 Å². The number of ether oxygens (including phenoxy) is 2. The van der Waals surface area contributed by atoms with Crippen LogP contribution in [0.1, 0.15) is 109 Å². The molecule has 0 saturated heterocycles. The average Bonchev–Trinajstić information content (AvgIpc) is 2.77. The molecule has 0 aromatic heterocycles.